The molecule has 0 saturated carbocycles. The highest BCUT2D eigenvalue weighted by molar-refractivity contribution is 7.56. The summed E-state index contributed by atoms with van der Waals surface area (Å²) in [5.41, 5.74) is 0. The average Bonchev–Trinajstić information content (AvgIpc) is 2.00. The highest BCUT2D eigenvalue weighted by Crippen LogP contribution is 2.38. The van der Waals surface area contributed by atoms with E-state index >= 15 is 0 Å². The van der Waals surface area contributed by atoms with E-state index in [4.69, 9.17) is 4.52 Å². The van der Waals surface area contributed by atoms with E-state index in [-0.39, 0.29) is 5.92 Å². The molecule has 0 heterocycles. The molecular formula is C9H20NO3P. The van der Waals surface area contributed by atoms with Crippen molar-refractivity contribution in [3.8, 4) is 0 Å². The number of rotatable bonds is 5. The van der Waals surface area contributed by atoms with E-state index in [1.54, 1.807) is 13.8 Å². The summed E-state index contributed by atoms with van der Waals surface area (Å²) in [5.74, 6) is -0.294. The Morgan fingerprint density at radius 1 is 1.36 bits per heavy atom. The van der Waals surface area contributed by atoms with E-state index in [9.17, 15) is 9.36 Å². The number of carbonyl (C=O) groups excluding carboxylic acids is 1. The molecule has 84 valence electrons. The molecule has 0 aromatic rings. The summed E-state index contributed by atoms with van der Waals surface area (Å²) in [6.45, 7) is 9.43. The molecule has 0 fully saturated rings. The first-order valence-corrected chi connectivity index (χ1v) is 6.88. The summed E-state index contributed by atoms with van der Waals surface area (Å²) in [4.78, 5) is 11.2. The van der Waals surface area contributed by atoms with Crippen LogP contribution in [0, 0.1) is 11.8 Å². The van der Waals surface area contributed by atoms with Crippen LogP contribution in [0.4, 0.5) is 0 Å². The Hall–Kier alpha value is -0.340. The molecule has 0 spiro atoms. The van der Waals surface area contributed by atoms with Crippen molar-refractivity contribution in [1.29, 1.82) is 0 Å². The van der Waals surface area contributed by atoms with Crippen molar-refractivity contribution in [2.75, 3.05) is 13.2 Å². The quantitative estimate of drug-likeness (QED) is 0.723. The molecule has 0 rings (SSSR count). The fourth-order valence-corrected chi connectivity index (χ4v) is 1.97. The third kappa shape index (κ3) is 6.17. The molecule has 0 aliphatic heterocycles. The molecule has 0 aliphatic rings. The topological polar surface area (TPSA) is 55.4 Å². The van der Waals surface area contributed by atoms with Crippen LogP contribution >= 0.6 is 7.52 Å². The van der Waals surface area contributed by atoms with Gasteiger partial charge < -0.3 is 4.52 Å². The molecule has 0 saturated heterocycles. The van der Waals surface area contributed by atoms with Gasteiger partial charge in [-0.1, -0.05) is 27.7 Å². The highest BCUT2D eigenvalue weighted by Gasteiger charge is 2.22. The van der Waals surface area contributed by atoms with Crippen LogP contribution < -0.4 is 5.09 Å². The maximum absolute atomic E-state index is 11.7. The zero-order chi connectivity index (χ0) is 11.4. The van der Waals surface area contributed by atoms with Gasteiger partial charge in [-0.05, 0) is 5.92 Å². The normalized spacial score (nSPS) is 15.6. The molecular weight excluding hydrogens is 201 g/mol. The second-order valence-electron chi connectivity index (χ2n) is 4.17. The summed E-state index contributed by atoms with van der Waals surface area (Å²) < 4.78 is 16.5. The molecule has 0 aromatic carbocycles. The van der Waals surface area contributed by atoms with Crippen LogP contribution in [0.5, 0.6) is 0 Å². The highest BCUT2D eigenvalue weighted by atomic mass is 31.2. The third-order valence-corrected chi connectivity index (χ3v) is 2.81. The van der Waals surface area contributed by atoms with Crippen molar-refractivity contribution in [2.45, 2.75) is 27.7 Å². The first kappa shape index (κ1) is 13.7. The van der Waals surface area contributed by atoms with Crippen molar-refractivity contribution < 1.29 is 13.9 Å². The van der Waals surface area contributed by atoms with Gasteiger partial charge in [0.05, 0.1) is 5.92 Å². The molecule has 4 nitrogen and oxygen atoms in total. The van der Waals surface area contributed by atoms with Gasteiger partial charge in [0.15, 0.2) is 0 Å². The van der Waals surface area contributed by atoms with Crippen molar-refractivity contribution in [3.63, 3.8) is 0 Å². The Morgan fingerprint density at radius 3 is 2.21 bits per heavy atom. The average molecular weight is 221 g/mol. The van der Waals surface area contributed by atoms with Gasteiger partial charge in [-0.25, -0.2) is 5.09 Å². The molecule has 1 N–H and O–H groups in total. The monoisotopic (exact) mass is 221 g/mol. The lowest BCUT2D eigenvalue weighted by molar-refractivity contribution is -0.137. The van der Waals surface area contributed by atoms with Crippen LogP contribution in [0.15, 0.2) is 0 Å². The number of nitrogens with one attached hydrogen (secondary N) is 1. The molecule has 0 amide bonds. The van der Waals surface area contributed by atoms with Gasteiger partial charge in [0, 0.05) is 13.2 Å². The zero-order valence-corrected chi connectivity index (χ0v) is 10.4. The maximum atomic E-state index is 11.7. The fraction of sp³-hybridized carbons (Fsp3) is 0.889. The van der Waals surface area contributed by atoms with Crippen LogP contribution in [-0.4, -0.2) is 19.2 Å². The van der Waals surface area contributed by atoms with E-state index in [1.165, 1.54) is 6.66 Å². The third-order valence-electron chi connectivity index (χ3n) is 1.52. The minimum absolute atomic E-state index is 0.246. The van der Waals surface area contributed by atoms with Gasteiger partial charge in [0.1, 0.15) is 0 Å². The maximum Gasteiger partial charge on any atom is 0.315 e. The minimum Gasteiger partial charge on any atom is -0.400 e. The first-order chi connectivity index (χ1) is 6.24. The summed E-state index contributed by atoms with van der Waals surface area (Å²) in [7, 11) is -2.96. The number of carbonyl (C=O) groups is 1. The lowest BCUT2D eigenvalue weighted by atomic mass is 10.2. The predicted molar refractivity (Wildman–Crippen MR) is 57.3 cm³/mol. The second kappa shape index (κ2) is 5.52. The van der Waals surface area contributed by atoms with Crippen molar-refractivity contribution >= 4 is 13.5 Å². The summed E-state index contributed by atoms with van der Waals surface area (Å²) in [6, 6.07) is 0. The Balaban J connectivity index is 4.08. The van der Waals surface area contributed by atoms with Gasteiger partial charge >= 0.3 is 13.5 Å². The molecule has 0 radical (unpaired) electrons. The van der Waals surface area contributed by atoms with Crippen molar-refractivity contribution in [1.82, 2.24) is 5.09 Å². The largest absolute Gasteiger partial charge is 0.400 e. The number of hydrogen-bond donors (Lipinski definition) is 1. The lowest BCUT2D eigenvalue weighted by Gasteiger charge is -2.17. The SMILES string of the molecule is CC(C)CNP(C)(=O)OC(=O)C(C)C. The van der Waals surface area contributed by atoms with E-state index in [1.807, 2.05) is 13.8 Å². The van der Waals surface area contributed by atoms with Crippen LogP contribution in [0.3, 0.4) is 0 Å². The molecule has 5 heteroatoms. The molecule has 1 unspecified atom stereocenters. The standard InChI is InChI=1S/C9H20NO3P/c1-7(2)6-10-14(5,12)13-9(11)8(3)4/h7-8H,6H2,1-5H3,(H,10,12). The molecule has 0 bridgehead atoms. The smallest absolute Gasteiger partial charge is 0.315 e. The van der Waals surface area contributed by atoms with Crippen molar-refractivity contribution in [2.24, 2.45) is 11.8 Å². The molecule has 1 atom stereocenters. The zero-order valence-electron chi connectivity index (χ0n) is 9.53. The first-order valence-electron chi connectivity index (χ1n) is 4.80. The second-order valence-corrected chi connectivity index (χ2v) is 6.36. The summed E-state index contributed by atoms with van der Waals surface area (Å²) >= 11 is 0. The van der Waals surface area contributed by atoms with Crippen LogP contribution in [-0.2, 0) is 13.9 Å². The summed E-state index contributed by atoms with van der Waals surface area (Å²) in [5, 5.41) is 2.76. The lowest BCUT2D eigenvalue weighted by Crippen LogP contribution is -2.21. The van der Waals surface area contributed by atoms with E-state index in [2.05, 4.69) is 5.09 Å². The number of hydrogen-bond acceptors (Lipinski definition) is 3. The Bertz CT molecular complexity index is 238. The van der Waals surface area contributed by atoms with Crippen LogP contribution in [0.25, 0.3) is 0 Å². The molecule has 0 aromatic heterocycles. The van der Waals surface area contributed by atoms with Gasteiger partial charge in [-0.3, -0.25) is 9.36 Å². The van der Waals surface area contributed by atoms with Gasteiger partial charge in [-0.2, -0.15) is 0 Å². The minimum atomic E-state index is -2.96. The Kier molecular flexibility index (Phi) is 5.38. The Morgan fingerprint density at radius 2 is 1.86 bits per heavy atom. The van der Waals surface area contributed by atoms with Gasteiger partial charge in [0.2, 0.25) is 0 Å². The fourth-order valence-electron chi connectivity index (χ4n) is 0.658. The van der Waals surface area contributed by atoms with E-state index in [0.717, 1.165) is 0 Å². The molecule has 0 aliphatic carbocycles. The predicted octanol–water partition coefficient (Wildman–Crippen LogP) is 2.25. The van der Waals surface area contributed by atoms with Crippen LogP contribution in [0.2, 0.25) is 0 Å². The van der Waals surface area contributed by atoms with Crippen molar-refractivity contribution in [3.05, 3.63) is 0 Å². The summed E-state index contributed by atoms with van der Waals surface area (Å²) in [6.07, 6.45) is 0. The van der Waals surface area contributed by atoms with Gasteiger partial charge in [-0.15, -0.1) is 0 Å². The van der Waals surface area contributed by atoms with Crippen LogP contribution in [0.1, 0.15) is 27.7 Å². The molecule has 14 heavy (non-hydrogen) atoms. The van der Waals surface area contributed by atoms with Gasteiger partial charge in [0.25, 0.3) is 0 Å². The van der Waals surface area contributed by atoms with E-state index < -0.39 is 13.5 Å². The Labute approximate surface area is 85.9 Å². The van der Waals surface area contributed by atoms with E-state index in [0.29, 0.717) is 12.5 Å².